The van der Waals surface area contributed by atoms with Crippen LogP contribution in [0.3, 0.4) is 0 Å². The Morgan fingerprint density at radius 3 is 1.86 bits per heavy atom. The number of nitrogens with two attached hydrogens (primary N) is 1. The van der Waals surface area contributed by atoms with Gasteiger partial charge in [-0.05, 0) is 67.3 Å². The second-order valence-electron chi connectivity index (χ2n) is 19.5. The number of aliphatic carboxylic acids is 1. The van der Waals surface area contributed by atoms with Gasteiger partial charge in [0.2, 0.25) is 12.0 Å². The van der Waals surface area contributed by atoms with Crippen molar-refractivity contribution in [3.63, 3.8) is 0 Å². The molecule has 388 valence electrons. The van der Waals surface area contributed by atoms with Crippen molar-refractivity contribution in [3.8, 4) is 0 Å². The number of benzene rings is 4. The van der Waals surface area contributed by atoms with E-state index >= 15 is 4.79 Å². The summed E-state index contributed by atoms with van der Waals surface area (Å²) in [7, 11) is 0. The van der Waals surface area contributed by atoms with Crippen LogP contribution in [0.4, 0.5) is 4.79 Å². The monoisotopic (exact) mass is 1010 g/mol. The molecule has 4 aliphatic rings. The van der Waals surface area contributed by atoms with Crippen LogP contribution in [0.1, 0.15) is 91.8 Å². The number of fused-ring (bicyclic) bond motifs is 5. The third-order valence-electron chi connectivity index (χ3n) is 14.4. The molecule has 73 heavy (non-hydrogen) atoms. The lowest BCUT2D eigenvalue weighted by Crippen LogP contribution is -2.75. The highest BCUT2D eigenvalue weighted by atomic mass is 16.7. The molecule has 10 atom stereocenters. The fourth-order valence-electron chi connectivity index (χ4n) is 10.4. The van der Waals surface area contributed by atoms with Crippen molar-refractivity contribution in [1.29, 1.82) is 0 Å². The standard InChI is InChI=1S/C47H52O13.C7H7NO.C2H4O2/c1-26-17-19-30(20-18-26)24-56-44(53)59-34(21-29-13-9-7-10-14-29)43(52)58-35-23-47(54)41(60-42(51)31-15-11-8-12-16-31)38-32-25-55-33(32)22-36(49)46(38,6)40(50)39(57-28(3)48)37(27(35)2)45(47,4)5;8-7(9)6-4-2-1-3-5-6;1-2(3)4/h7-20,32-36,38-39,41,49,54H,21-25H2,1-6H3;1-5H,(H2,8,9);1H3,(H,3,4)/t32?,33?,34-,35+,36?,38?,39?,41+,46?,47?;;/m1../s1. The second kappa shape index (κ2) is 23.1. The first kappa shape index (κ1) is 55.1. The number of ether oxygens (including phenoxy) is 6. The zero-order valence-corrected chi connectivity index (χ0v) is 41.9. The molecule has 17 nitrogen and oxygen atoms in total. The molecule has 0 radical (unpaired) electrons. The zero-order valence-electron chi connectivity index (χ0n) is 41.9. The number of hydrogen-bond donors (Lipinski definition) is 4. The van der Waals surface area contributed by atoms with Crippen molar-refractivity contribution in [2.45, 2.75) is 117 Å². The Balaban J connectivity index is 0.000000586. The Kier molecular flexibility index (Phi) is 17.5. The molecule has 0 aromatic heterocycles. The van der Waals surface area contributed by atoms with Gasteiger partial charge in [0, 0.05) is 55.9 Å². The van der Waals surface area contributed by atoms with Gasteiger partial charge in [-0.15, -0.1) is 0 Å². The maximum Gasteiger partial charge on any atom is 0.509 e. The van der Waals surface area contributed by atoms with Gasteiger partial charge in [0.15, 0.2) is 11.9 Å². The number of aliphatic hydroxyl groups is 2. The van der Waals surface area contributed by atoms with E-state index in [9.17, 15) is 34.2 Å². The van der Waals surface area contributed by atoms with E-state index in [1.54, 1.807) is 125 Å². The van der Waals surface area contributed by atoms with E-state index in [0.717, 1.165) is 19.4 Å². The number of esters is 3. The summed E-state index contributed by atoms with van der Waals surface area (Å²) in [5.41, 5.74) is 3.19. The smallest absolute Gasteiger partial charge is 0.481 e. The quantitative estimate of drug-likeness (QED) is 0.0695. The number of aryl methyl sites for hydroxylation is 1. The summed E-state index contributed by atoms with van der Waals surface area (Å²) in [6, 6.07) is 33.2. The Morgan fingerprint density at radius 1 is 0.781 bits per heavy atom. The van der Waals surface area contributed by atoms with E-state index < -0.39 is 101 Å². The number of carboxylic acids is 1. The average Bonchev–Trinajstić information content (AvgIpc) is 3.34. The molecule has 5 N–H and O–H groups in total. The van der Waals surface area contributed by atoms with E-state index in [-0.39, 0.29) is 49.5 Å². The second-order valence-corrected chi connectivity index (χ2v) is 19.5. The van der Waals surface area contributed by atoms with Gasteiger partial charge in [-0.2, -0.15) is 0 Å². The van der Waals surface area contributed by atoms with Crippen LogP contribution in [0.2, 0.25) is 0 Å². The van der Waals surface area contributed by atoms with E-state index in [1.807, 2.05) is 25.1 Å². The zero-order chi connectivity index (χ0) is 53.4. The Morgan fingerprint density at radius 2 is 1.34 bits per heavy atom. The van der Waals surface area contributed by atoms with Gasteiger partial charge in [0.25, 0.3) is 5.97 Å². The Bertz CT molecular complexity index is 2670. The SMILES string of the molecule is CC(=O)O.CC(=O)OC1C(=O)C2(C)C(O)CC3OCC3C2[C@H](OC(=O)c2ccccc2)C2(O)C[C@H](OC(=O)[C@@H](Cc3ccccc3)OC(=O)OCc3ccc(C)cc3)C(C)=C1C2(C)C.NC(=O)c1ccccc1. The van der Waals surface area contributed by atoms with Gasteiger partial charge in [-0.3, -0.25) is 19.2 Å². The van der Waals surface area contributed by atoms with Gasteiger partial charge in [-0.25, -0.2) is 14.4 Å². The van der Waals surface area contributed by atoms with Gasteiger partial charge in [0.1, 0.15) is 24.4 Å². The van der Waals surface area contributed by atoms with Crippen molar-refractivity contribution in [2.24, 2.45) is 28.4 Å². The van der Waals surface area contributed by atoms with Crippen LogP contribution in [-0.4, -0.2) is 106 Å². The van der Waals surface area contributed by atoms with Crippen molar-refractivity contribution in [1.82, 2.24) is 0 Å². The van der Waals surface area contributed by atoms with Gasteiger partial charge < -0.3 is 49.5 Å². The number of carboxylic acid groups (broad SMARTS) is 1. The average molecular weight is 1010 g/mol. The Labute approximate surface area is 423 Å². The van der Waals surface area contributed by atoms with Gasteiger partial charge >= 0.3 is 24.1 Å². The molecule has 4 aromatic carbocycles. The molecule has 17 heteroatoms. The number of hydrogen-bond acceptors (Lipinski definition) is 15. The number of primary amides is 1. The minimum atomic E-state index is -2.14. The molecule has 1 saturated heterocycles. The van der Waals surface area contributed by atoms with E-state index in [2.05, 4.69) is 0 Å². The topological polar surface area (TPSA) is 262 Å². The number of rotatable bonds is 11. The predicted octanol–water partition coefficient (Wildman–Crippen LogP) is 6.67. The third kappa shape index (κ3) is 12.2. The summed E-state index contributed by atoms with van der Waals surface area (Å²) < 4.78 is 35.4. The van der Waals surface area contributed by atoms with Crippen LogP contribution in [0.15, 0.2) is 126 Å². The minimum Gasteiger partial charge on any atom is -0.481 e. The van der Waals surface area contributed by atoms with Crippen molar-refractivity contribution < 1.29 is 77.3 Å². The molecule has 8 rings (SSSR count). The lowest BCUT2D eigenvalue weighted by atomic mass is 9.46. The predicted molar refractivity (Wildman–Crippen MR) is 262 cm³/mol. The van der Waals surface area contributed by atoms with Crippen molar-refractivity contribution in [3.05, 3.63) is 154 Å². The van der Waals surface area contributed by atoms with Crippen LogP contribution < -0.4 is 5.73 Å². The molecule has 1 aliphatic heterocycles. The highest BCUT2D eigenvalue weighted by molar-refractivity contribution is 5.95. The van der Waals surface area contributed by atoms with E-state index in [0.29, 0.717) is 22.3 Å². The number of Topliss-reactive ketones (excluding diaryl/α,β-unsaturated/α-hetero) is 1. The normalized spacial score (nSPS) is 26.8. The summed E-state index contributed by atoms with van der Waals surface area (Å²) >= 11 is 0. The Hall–Kier alpha value is -7.21. The highest BCUT2D eigenvalue weighted by Crippen LogP contribution is 2.62. The fourth-order valence-corrected chi connectivity index (χ4v) is 10.4. The minimum absolute atomic E-state index is 0.0892. The fraction of sp³-hybridized carbons (Fsp3) is 0.411. The van der Waals surface area contributed by atoms with Crippen molar-refractivity contribution in [2.75, 3.05) is 6.61 Å². The number of carbonyl (C=O) groups excluding carboxylic acids is 6. The van der Waals surface area contributed by atoms with Crippen molar-refractivity contribution >= 4 is 41.7 Å². The number of carbonyl (C=O) groups is 7. The molecule has 3 aliphatic carbocycles. The summed E-state index contributed by atoms with van der Waals surface area (Å²) in [6.07, 6.45) is -9.29. The third-order valence-corrected chi connectivity index (χ3v) is 14.4. The lowest BCUT2D eigenvalue weighted by Gasteiger charge is -2.64. The van der Waals surface area contributed by atoms with Crippen LogP contribution in [0, 0.1) is 29.6 Å². The van der Waals surface area contributed by atoms with Crippen LogP contribution in [0.25, 0.3) is 0 Å². The maximum absolute atomic E-state index is 15.2. The maximum atomic E-state index is 15.2. The van der Waals surface area contributed by atoms with Gasteiger partial charge in [-0.1, -0.05) is 110 Å². The van der Waals surface area contributed by atoms with E-state index in [1.165, 1.54) is 0 Å². The molecule has 3 fully saturated rings. The van der Waals surface area contributed by atoms with Crippen LogP contribution >= 0.6 is 0 Å². The van der Waals surface area contributed by atoms with Gasteiger partial charge in [0.05, 0.1) is 29.8 Å². The molecule has 1 heterocycles. The highest BCUT2D eigenvalue weighted by Gasteiger charge is 2.72. The summed E-state index contributed by atoms with van der Waals surface area (Å²) in [4.78, 5) is 89.2. The van der Waals surface area contributed by atoms with Crippen LogP contribution in [0.5, 0.6) is 0 Å². The number of amides is 1. The largest absolute Gasteiger partial charge is 0.509 e. The molecule has 2 bridgehead atoms. The van der Waals surface area contributed by atoms with E-state index in [4.69, 9.17) is 44.1 Å². The molecule has 4 aromatic rings. The molecular weight excluding hydrogens is 943 g/mol. The molecular formula is C56H63NO16. The molecule has 0 spiro atoms. The molecule has 7 unspecified atom stereocenters. The number of ketones is 1. The van der Waals surface area contributed by atoms with Crippen LogP contribution in [-0.2, 0) is 60.6 Å². The summed E-state index contributed by atoms with van der Waals surface area (Å²) in [5, 5.41) is 32.8. The lowest BCUT2D eigenvalue weighted by molar-refractivity contribution is -0.277. The number of aliphatic hydroxyl groups excluding tert-OH is 1. The molecule has 2 saturated carbocycles. The first-order valence-corrected chi connectivity index (χ1v) is 23.9. The first-order chi connectivity index (χ1) is 34.5. The summed E-state index contributed by atoms with van der Waals surface area (Å²) in [6.45, 7) is 10.7. The first-order valence-electron chi connectivity index (χ1n) is 23.9. The summed E-state index contributed by atoms with van der Waals surface area (Å²) in [5.74, 6) is -5.93. The molecule has 1 amide bonds.